The van der Waals surface area contributed by atoms with Crippen LogP contribution >= 0.6 is 0 Å². The standard InChI is InChI=1S/C13H25NO/c1-12(2)7-10(6-11-9-15-11)8-13(3,4)14(12)5/h10-11H,6-9H2,1-5H3. The second kappa shape index (κ2) is 3.46. The summed E-state index contributed by atoms with van der Waals surface area (Å²) < 4.78 is 5.36. The van der Waals surface area contributed by atoms with Crippen LogP contribution in [0.15, 0.2) is 0 Å². The van der Waals surface area contributed by atoms with Gasteiger partial charge in [0.2, 0.25) is 0 Å². The van der Waals surface area contributed by atoms with Crippen molar-refractivity contribution in [2.24, 2.45) is 5.92 Å². The highest BCUT2D eigenvalue weighted by atomic mass is 16.6. The number of hydrogen-bond donors (Lipinski definition) is 0. The summed E-state index contributed by atoms with van der Waals surface area (Å²) in [4.78, 5) is 2.55. The van der Waals surface area contributed by atoms with Crippen LogP contribution in [0.4, 0.5) is 0 Å². The first-order valence-corrected chi connectivity index (χ1v) is 6.17. The molecule has 15 heavy (non-hydrogen) atoms. The average Bonchev–Trinajstić information content (AvgIpc) is 2.82. The molecule has 0 radical (unpaired) electrons. The van der Waals surface area contributed by atoms with Gasteiger partial charge in [0.25, 0.3) is 0 Å². The Balaban J connectivity index is 2.04. The lowest BCUT2D eigenvalue weighted by atomic mass is 9.72. The highest BCUT2D eigenvalue weighted by Crippen LogP contribution is 2.42. The van der Waals surface area contributed by atoms with Crippen LogP contribution in [-0.4, -0.2) is 35.7 Å². The second-order valence-corrected chi connectivity index (χ2v) is 6.65. The van der Waals surface area contributed by atoms with Gasteiger partial charge in [-0.2, -0.15) is 0 Å². The van der Waals surface area contributed by atoms with Crippen molar-refractivity contribution in [2.45, 2.75) is 64.1 Å². The van der Waals surface area contributed by atoms with Crippen LogP contribution in [0.25, 0.3) is 0 Å². The molecule has 0 bridgehead atoms. The molecule has 2 saturated heterocycles. The van der Waals surface area contributed by atoms with E-state index >= 15 is 0 Å². The molecule has 2 fully saturated rings. The predicted octanol–water partition coefficient (Wildman–Crippen LogP) is 2.67. The summed E-state index contributed by atoms with van der Waals surface area (Å²) in [6.07, 6.45) is 4.49. The molecule has 2 rings (SSSR count). The third kappa shape index (κ3) is 2.36. The highest BCUT2D eigenvalue weighted by Gasteiger charge is 2.44. The Kier molecular flexibility index (Phi) is 2.63. The van der Waals surface area contributed by atoms with E-state index in [-0.39, 0.29) is 0 Å². The summed E-state index contributed by atoms with van der Waals surface area (Å²) in [5.41, 5.74) is 0.669. The number of rotatable bonds is 2. The van der Waals surface area contributed by atoms with E-state index in [4.69, 9.17) is 4.74 Å². The van der Waals surface area contributed by atoms with Gasteiger partial charge < -0.3 is 4.74 Å². The summed E-state index contributed by atoms with van der Waals surface area (Å²) >= 11 is 0. The van der Waals surface area contributed by atoms with Crippen LogP contribution in [0.5, 0.6) is 0 Å². The quantitative estimate of drug-likeness (QED) is 0.653. The maximum Gasteiger partial charge on any atom is 0.0812 e. The molecule has 0 N–H and O–H groups in total. The van der Waals surface area contributed by atoms with Crippen LogP contribution in [0.1, 0.15) is 47.0 Å². The van der Waals surface area contributed by atoms with Gasteiger partial charge in [0.05, 0.1) is 12.7 Å². The van der Waals surface area contributed by atoms with Gasteiger partial charge in [-0.1, -0.05) is 0 Å². The Bertz CT molecular complexity index is 225. The van der Waals surface area contributed by atoms with E-state index in [0.717, 1.165) is 12.5 Å². The Morgan fingerprint density at radius 1 is 1.13 bits per heavy atom. The zero-order valence-corrected chi connectivity index (χ0v) is 10.8. The molecule has 1 atom stereocenters. The van der Waals surface area contributed by atoms with Crippen LogP contribution in [0, 0.1) is 5.92 Å². The van der Waals surface area contributed by atoms with Crippen molar-refractivity contribution in [3.63, 3.8) is 0 Å². The number of epoxide rings is 1. The van der Waals surface area contributed by atoms with E-state index in [0.29, 0.717) is 17.2 Å². The first-order valence-electron chi connectivity index (χ1n) is 6.17. The lowest BCUT2D eigenvalue weighted by molar-refractivity contribution is -0.0329. The third-order valence-corrected chi connectivity index (χ3v) is 4.39. The van der Waals surface area contributed by atoms with Crippen molar-refractivity contribution in [3.8, 4) is 0 Å². The van der Waals surface area contributed by atoms with Gasteiger partial charge in [0.15, 0.2) is 0 Å². The average molecular weight is 211 g/mol. The number of piperidine rings is 1. The Hall–Kier alpha value is -0.0800. The molecular formula is C13H25NO. The molecule has 0 aromatic carbocycles. The fourth-order valence-electron chi connectivity index (χ4n) is 3.32. The maximum atomic E-state index is 5.36. The number of hydrogen-bond acceptors (Lipinski definition) is 2. The summed E-state index contributed by atoms with van der Waals surface area (Å²) in [6.45, 7) is 10.5. The van der Waals surface area contributed by atoms with Gasteiger partial charge in [-0.25, -0.2) is 0 Å². The summed E-state index contributed by atoms with van der Waals surface area (Å²) in [6, 6.07) is 0. The summed E-state index contributed by atoms with van der Waals surface area (Å²) in [5, 5.41) is 0. The third-order valence-electron chi connectivity index (χ3n) is 4.39. The van der Waals surface area contributed by atoms with Gasteiger partial charge in [-0.3, -0.25) is 4.90 Å². The molecule has 0 aromatic heterocycles. The first-order chi connectivity index (χ1) is 6.81. The molecule has 0 saturated carbocycles. The molecule has 0 aliphatic carbocycles. The summed E-state index contributed by atoms with van der Waals surface area (Å²) in [7, 11) is 2.27. The van der Waals surface area contributed by atoms with E-state index < -0.39 is 0 Å². The largest absolute Gasteiger partial charge is 0.373 e. The lowest BCUT2D eigenvalue weighted by Gasteiger charge is -2.53. The molecule has 0 aromatic rings. The highest BCUT2D eigenvalue weighted by molar-refractivity contribution is 4.99. The van der Waals surface area contributed by atoms with Gasteiger partial charge >= 0.3 is 0 Å². The fourth-order valence-corrected chi connectivity index (χ4v) is 3.32. The second-order valence-electron chi connectivity index (χ2n) is 6.65. The molecule has 2 aliphatic heterocycles. The summed E-state index contributed by atoms with van der Waals surface area (Å²) in [5.74, 6) is 0.846. The van der Waals surface area contributed by atoms with Gasteiger partial charge in [0, 0.05) is 11.1 Å². The monoisotopic (exact) mass is 211 g/mol. The minimum Gasteiger partial charge on any atom is -0.373 e. The van der Waals surface area contributed by atoms with Gasteiger partial charge in [-0.05, 0) is 59.9 Å². The van der Waals surface area contributed by atoms with Crippen molar-refractivity contribution < 1.29 is 4.74 Å². The topological polar surface area (TPSA) is 15.8 Å². The molecule has 88 valence electrons. The molecule has 2 heterocycles. The fraction of sp³-hybridized carbons (Fsp3) is 1.00. The lowest BCUT2D eigenvalue weighted by Crippen LogP contribution is -2.58. The molecule has 2 aliphatic rings. The number of ether oxygens (including phenoxy) is 1. The predicted molar refractivity (Wildman–Crippen MR) is 63.0 cm³/mol. The van der Waals surface area contributed by atoms with Crippen molar-refractivity contribution >= 4 is 0 Å². The smallest absolute Gasteiger partial charge is 0.0812 e. The molecular weight excluding hydrogens is 186 g/mol. The van der Waals surface area contributed by atoms with Crippen molar-refractivity contribution in [2.75, 3.05) is 13.7 Å². The minimum absolute atomic E-state index is 0.335. The van der Waals surface area contributed by atoms with E-state index in [1.807, 2.05) is 0 Å². The van der Waals surface area contributed by atoms with Crippen molar-refractivity contribution in [1.82, 2.24) is 4.90 Å². The maximum absolute atomic E-state index is 5.36. The van der Waals surface area contributed by atoms with Gasteiger partial charge in [-0.15, -0.1) is 0 Å². The van der Waals surface area contributed by atoms with Crippen LogP contribution in [-0.2, 0) is 4.74 Å². The van der Waals surface area contributed by atoms with Gasteiger partial charge in [0.1, 0.15) is 0 Å². The van der Waals surface area contributed by atoms with Crippen molar-refractivity contribution in [1.29, 1.82) is 0 Å². The number of likely N-dealkylation sites (tertiary alicyclic amines) is 1. The molecule has 2 nitrogen and oxygen atoms in total. The minimum atomic E-state index is 0.335. The number of nitrogens with zero attached hydrogens (tertiary/aromatic N) is 1. The van der Waals surface area contributed by atoms with E-state index in [9.17, 15) is 0 Å². The van der Waals surface area contributed by atoms with E-state index in [1.54, 1.807) is 0 Å². The Labute approximate surface area is 94.0 Å². The van der Waals surface area contributed by atoms with Crippen molar-refractivity contribution in [3.05, 3.63) is 0 Å². The molecule has 1 unspecified atom stereocenters. The van der Waals surface area contributed by atoms with Crippen LogP contribution in [0.2, 0.25) is 0 Å². The molecule has 2 heteroatoms. The zero-order chi connectivity index (χ0) is 11.3. The normalized spacial score (nSPS) is 35.4. The molecule has 0 amide bonds. The van der Waals surface area contributed by atoms with Crippen LogP contribution < -0.4 is 0 Å². The SMILES string of the molecule is CN1C(C)(C)CC(CC2CO2)CC1(C)C. The molecule has 0 spiro atoms. The Morgan fingerprint density at radius 3 is 2.00 bits per heavy atom. The van der Waals surface area contributed by atoms with E-state index in [1.165, 1.54) is 19.3 Å². The van der Waals surface area contributed by atoms with E-state index in [2.05, 4.69) is 39.6 Å². The zero-order valence-electron chi connectivity index (χ0n) is 10.8. The van der Waals surface area contributed by atoms with Crippen LogP contribution in [0.3, 0.4) is 0 Å². The Morgan fingerprint density at radius 2 is 1.60 bits per heavy atom. The first kappa shape index (κ1) is 11.4.